The fourth-order valence-electron chi connectivity index (χ4n) is 4.76. The van der Waals surface area contributed by atoms with Gasteiger partial charge in [-0.25, -0.2) is 14.6 Å². The van der Waals surface area contributed by atoms with E-state index >= 15 is 0 Å². The predicted octanol–water partition coefficient (Wildman–Crippen LogP) is 4.37. The van der Waals surface area contributed by atoms with Gasteiger partial charge in [0.1, 0.15) is 23.9 Å². The molecule has 212 valence electrons. The van der Waals surface area contributed by atoms with Crippen molar-refractivity contribution in [3.63, 3.8) is 0 Å². The summed E-state index contributed by atoms with van der Waals surface area (Å²) < 4.78 is 13.6. The second-order valence-corrected chi connectivity index (χ2v) is 9.84. The van der Waals surface area contributed by atoms with Gasteiger partial charge in [-0.05, 0) is 61.2 Å². The van der Waals surface area contributed by atoms with Gasteiger partial charge in [0.25, 0.3) is 5.91 Å². The summed E-state index contributed by atoms with van der Waals surface area (Å²) in [5, 5.41) is 17.7. The van der Waals surface area contributed by atoms with E-state index in [2.05, 4.69) is 20.5 Å². The Hall–Kier alpha value is -5.06. The first kappa shape index (κ1) is 27.5. The number of ether oxygens (including phenoxy) is 2. The number of hydrogen-bond acceptors (Lipinski definition) is 7. The number of benzene rings is 3. The fraction of sp³-hybridized carbons (Fsp3) is 0.267. The quantitative estimate of drug-likeness (QED) is 0.238. The molecule has 0 spiro atoms. The van der Waals surface area contributed by atoms with Crippen molar-refractivity contribution in [2.24, 2.45) is 0 Å². The Morgan fingerprint density at radius 2 is 1.83 bits per heavy atom. The number of aryl methyl sites for hydroxylation is 3. The van der Waals surface area contributed by atoms with Gasteiger partial charge in [0.2, 0.25) is 5.95 Å². The Bertz CT molecular complexity index is 1580. The number of carbonyl (C=O) groups excluding carboxylic acids is 2. The van der Waals surface area contributed by atoms with E-state index in [4.69, 9.17) is 14.5 Å². The smallest absolute Gasteiger partial charge is 0.408 e. The lowest BCUT2D eigenvalue weighted by atomic mass is 10.0. The number of nitrogens with zero attached hydrogens (tertiary/aromatic N) is 2. The number of amides is 2. The highest BCUT2D eigenvalue weighted by Gasteiger charge is 2.23. The van der Waals surface area contributed by atoms with Crippen molar-refractivity contribution in [3.05, 3.63) is 82.9 Å². The third kappa shape index (κ3) is 6.24. The summed E-state index contributed by atoms with van der Waals surface area (Å²) in [6, 6.07) is 16.8. The summed E-state index contributed by atoms with van der Waals surface area (Å²) in [4.78, 5) is 41.5. The summed E-state index contributed by atoms with van der Waals surface area (Å²) >= 11 is 0. The van der Waals surface area contributed by atoms with Crippen LogP contribution in [0.25, 0.3) is 11.0 Å². The van der Waals surface area contributed by atoms with E-state index in [0.29, 0.717) is 17.1 Å². The maximum atomic E-state index is 12.9. The molecule has 4 N–H and O–H groups in total. The van der Waals surface area contributed by atoms with Crippen LogP contribution < -0.4 is 20.7 Å². The number of para-hydroxylation sites is 1. The molecule has 0 radical (unpaired) electrons. The fourth-order valence-corrected chi connectivity index (χ4v) is 4.76. The monoisotopic (exact) mass is 557 g/mol. The molecule has 1 atom stereocenters. The average Bonchev–Trinajstić information content (AvgIpc) is 3.35. The molecule has 0 saturated heterocycles. The number of alkyl carbamates (subject to hydrolysis) is 1. The zero-order valence-corrected chi connectivity index (χ0v) is 22.8. The Kier molecular flexibility index (Phi) is 8.04. The molecule has 0 aliphatic carbocycles. The summed E-state index contributed by atoms with van der Waals surface area (Å²) in [5.41, 5.74) is 4.30. The molecule has 4 aromatic rings. The van der Waals surface area contributed by atoms with Gasteiger partial charge in [0.05, 0.1) is 5.52 Å². The van der Waals surface area contributed by atoms with Crippen LogP contribution >= 0.6 is 0 Å². The number of carboxylic acids is 1. The lowest BCUT2D eigenvalue weighted by molar-refractivity contribution is -0.139. The van der Waals surface area contributed by atoms with Crippen LogP contribution in [0.3, 0.4) is 0 Å². The number of fused-ring (bicyclic) bond motifs is 3. The molecular formula is C30H31N5O6. The zero-order chi connectivity index (χ0) is 28.9. The maximum absolute atomic E-state index is 12.9. The molecule has 2 heterocycles. The molecule has 0 unspecified atom stereocenters. The number of rotatable bonds is 9. The van der Waals surface area contributed by atoms with E-state index in [1.165, 1.54) is 0 Å². The van der Waals surface area contributed by atoms with Crippen molar-refractivity contribution in [1.82, 2.24) is 20.2 Å². The van der Waals surface area contributed by atoms with Crippen LogP contribution in [0.4, 0.5) is 10.7 Å². The largest absolute Gasteiger partial charge is 0.480 e. The highest BCUT2D eigenvalue weighted by Crippen LogP contribution is 2.35. The first-order valence-electron chi connectivity index (χ1n) is 13.3. The topological polar surface area (TPSA) is 144 Å². The van der Waals surface area contributed by atoms with Gasteiger partial charge >= 0.3 is 12.1 Å². The Labute approximate surface area is 236 Å². The highest BCUT2D eigenvalue weighted by atomic mass is 16.5. The molecule has 1 aliphatic heterocycles. The molecule has 0 saturated carbocycles. The number of aliphatic carboxylic acids is 1. The number of imidazole rings is 1. The third-order valence-electron chi connectivity index (χ3n) is 6.79. The van der Waals surface area contributed by atoms with Crippen LogP contribution in [0.2, 0.25) is 0 Å². The van der Waals surface area contributed by atoms with Gasteiger partial charge < -0.3 is 35.1 Å². The average molecular weight is 558 g/mol. The van der Waals surface area contributed by atoms with E-state index in [9.17, 15) is 19.5 Å². The second kappa shape index (κ2) is 12.0. The van der Waals surface area contributed by atoms with E-state index in [0.717, 1.165) is 53.2 Å². The molecule has 1 aromatic heterocycles. The molecule has 0 bridgehead atoms. The molecule has 0 fully saturated rings. The number of carbonyl (C=O) groups is 3. The predicted molar refractivity (Wildman–Crippen MR) is 152 cm³/mol. The van der Waals surface area contributed by atoms with Crippen molar-refractivity contribution in [3.8, 4) is 11.5 Å². The lowest BCUT2D eigenvalue weighted by Crippen LogP contribution is -2.48. The summed E-state index contributed by atoms with van der Waals surface area (Å²) in [7, 11) is 0. The Morgan fingerprint density at radius 3 is 2.56 bits per heavy atom. The van der Waals surface area contributed by atoms with Crippen molar-refractivity contribution >= 4 is 35.0 Å². The van der Waals surface area contributed by atoms with Gasteiger partial charge in [-0.1, -0.05) is 36.4 Å². The van der Waals surface area contributed by atoms with E-state index < -0.39 is 24.0 Å². The normalized spacial score (nSPS) is 13.0. The molecule has 11 nitrogen and oxygen atoms in total. The van der Waals surface area contributed by atoms with Crippen LogP contribution in [0, 0.1) is 13.8 Å². The van der Waals surface area contributed by atoms with Gasteiger partial charge in [-0.15, -0.1) is 0 Å². The minimum Gasteiger partial charge on any atom is -0.480 e. The minimum atomic E-state index is -1.37. The molecule has 41 heavy (non-hydrogen) atoms. The van der Waals surface area contributed by atoms with Gasteiger partial charge in [-0.2, -0.15) is 0 Å². The van der Waals surface area contributed by atoms with Crippen molar-refractivity contribution in [2.45, 2.75) is 39.5 Å². The lowest BCUT2D eigenvalue weighted by Gasteiger charge is -2.17. The first-order chi connectivity index (χ1) is 19.8. The minimum absolute atomic E-state index is 0.00715. The van der Waals surface area contributed by atoms with Crippen LogP contribution in [-0.4, -0.2) is 51.8 Å². The number of nitrogens with one attached hydrogen (secondary N) is 3. The summed E-state index contributed by atoms with van der Waals surface area (Å²) in [5.74, 6) is 0.261. The summed E-state index contributed by atoms with van der Waals surface area (Å²) in [6.07, 6.45) is 0.125. The van der Waals surface area contributed by atoms with E-state index in [-0.39, 0.29) is 13.2 Å². The highest BCUT2D eigenvalue weighted by molar-refractivity contribution is 5.95. The van der Waals surface area contributed by atoms with Gasteiger partial charge in [-0.3, -0.25) is 4.79 Å². The maximum Gasteiger partial charge on any atom is 0.408 e. The second-order valence-electron chi connectivity index (χ2n) is 9.84. The van der Waals surface area contributed by atoms with E-state index in [1.807, 2.05) is 38.1 Å². The molecule has 5 rings (SSSR count). The Morgan fingerprint density at radius 1 is 1.07 bits per heavy atom. The SMILES string of the molecule is Cc1cc(C(=O)NC[C@H](NC(=O)OCc2ccccc2)C(=O)O)cc(C)c1Oc1cccc2c1nc1n2CCCN1. The number of anilines is 1. The zero-order valence-electron chi connectivity index (χ0n) is 22.8. The molecule has 3 aromatic carbocycles. The Balaban J connectivity index is 1.23. The van der Waals surface area contributed by atoms with E-state index in [1.54, 1.807) is 36.4 Å². The first-order valence-corrected chi connectivity index (χ1v) is 13.3. The summed E-state index contributed by atoms with van der Waals surface area (Å²) in [6.45, 7) is 5.10. The number of aromatic nitrogens is 2. The van der Waals surface area contributed by atoms with Crippen LogP contribution in [0.15, 0.2) is 60.7 Å². The van der Waals surface area contributed by atoms with Gasteiger partial charge in [0.15, 0.2) is 5.75 Å². The standard InChI is InChI=1S/C30H31N5O6/c1-18-14-21(27(36)32-16-22(28(37)38)33-30(39)40-17-20-8-4-3-5-9-20)15-19(2)26(18)41-24-11-6-10-23-25(24)34-29-31-12-7-13-35(23)29/h3-6,8-11,14-15,22H,7,12-13,16-17H2,1-2H3,(H,31,34)(H,32,36)(H,33,39)(H,37,38)/t22-/m0/s1. The third-order valence-corrected chi connectivity index (χ3v) is 6.79. The van der Waals surface area contributed by atoms with Crippen molar-refractivity contribution < 1.29 is 29.0 Å². The van der Waals surface area contributed by atoms with Crippen molar-refractivity contribution in [2.75, 3.05) is 18.4 Å². The van der Waals surface area contributed by atoms with Crippen LogP contribution in [0.1, 0.15) is 33.5 Å². The number of carboxylic acid groups (broad SMARTS) is 1. The number of hydrogen-bond donors (Lipinski definition) is 4. The van der Waals surface area contributed by atoms with Gasteiger partial charge in [0, 0.05) is 25.2 Å². The van der Waals surface area contributed by atoms with Crippen LogP contribution in [-0.2, 0) is 22.7 Å². The van der Waals surface area contributed by atoms with Crippen LogP contribution in [0.5, 0.6) is 11.5 Å². The molecule has 11 heteroatoms. The van der Waals surface area contributed by atoms with Crippen molar-refractivity contribution in [1.29, 1.82) is 0 Å². The molecular weight excluding hydrogens is 526 g/mol. The molecule has 2 amide bonds. The molecule has 1 aliphatic rings.